The molecule has 1 aromatic rings. The Balaban J connectivity index is 2.58. The van der Waals surface area contributed by atoms with Crippen LogP contribution in [-0.4, -0.2) is 12.4 Å². The first-order valence-corrected chi connectivity index (χ1v) is 4.52. The average molecular weight is 179 g/mol. The fraction of sp³-hybridized carbons (Fsp3) is 0.455. The number of hydrogen-bond acceptors (Lipinski definition) is 1. The molecule has 0 fully saturated rings. The molecule has 0 saturated carbocycles. The second-order valence-electron chi connectivity index (χ2n) is 3.23. The molecule has 2 heteroatoms. The Morgan fingerprint density at radius 3 is 2.46 bits per heavy atom. The van der Waals surface area contributed by atoms with Gasteiger partial charge in [0.1, 0.15) is 0 Å². The van der Waals surface area contributed by atoms with Gasteiger partial charge in [-0.15, -0.1) is 0 Å². The zero-order chi connectivity index (χ0) is 9.73. The highest BCUT2D eigenvalue weighted by molar-refractivity contribution is 5.15. The minimum Gasteiger partial charge on any atom is -0.348 e. The number of benzene rings is 1. The van der Waals surface area contributed by atoms with E-state index in [-0.39, 0.29) is 0 Å². The molecule has 0 saturated heterocycles. The maximum atomic E-state index is 11.6. The van der Waals surface area contributed by atoms with Gasteiger partial charge in [-0.05, 0) is 19.4 Å². The summed E-state index contributed by atoms with van der Waals surface area (Å²) < 4.78 is 5.08. The summed E-state index contributed by atoms with van der Waals surface area (Å²) in [7, 11) is 0. The van der Waals surface area contributed by atoms with Crippen molar-refractivity contribution in [1.29, 1.82) is 0 Å². The molecule has 0 aliphatic rings. The van der Waals surface area contributed by atoms with E-state index in [2.05, 4.69) is 0 Å². The van der Waals surface area contributed by atoms with Crippen LogP contribution in [0.3, 0.4) is 0 Å². The molecule has 13 heavy (non-hydrogen) atoms. The van der Waals surface area contributed by atoms with Crippen LogP contribution in [0.4, 0.5) is 0 Å². The van der Waals surface area contributed by atoms with Crippen molar-refractivity contribution in [1.82, 2.24) is 0 Å². The van der Waals surface area contributed by atoms with Gasteiger partial charge in [0.15, 0.2) is 0 Å². The predicted octanol–water partition coefficient (Wildman–Crippen LogP) is 2.41. The topological polar surface area (TPSA) is 29.1 Å². The minimum atomic E-state index is -1.30. The summed E-state index contributed by atoms with van der Waals surface area (Å²) in [5, 5.41) is 11.6. The number of hydrogen-bond donors (Lipinski definition) is 0. The predicted molar refractivity (Wildman–Crippen MR) is 50.9 cm³/mol. The zero-order valence-electron chi connectivity index (χ0n) is 8.12. The van der Waals surface area contributed by atoms with Gasteiger partial charge in [0.05, 0.1) is 0 Å². The highest BCUT2D eigenvalue weighted by Crippen LogP contribution is 2.14. The molecule has 1 aromatic carbocycles. The van der Waals surface area contributed by atoms with E-state index in [9.17, 15) is 5.11 Å². The summed E-state index contributed by atoms with van der Waals surface area (Å²) in [6.07, 6.45) is 0.418. The van der Waals surface area contributed by atoms with Crippen molar-refractivity contribution in [3.05, 3.63) is 35.9 Å². The normalized spacial score (nSPS) is 15.3. The van der Waals surface area contributed by atoms with E-state index in [0.717, 1.165) is 5.56 Å². The molecule has 0 amide bonds. The summed E-state index contributed by atoms with van der Waals surface area (Å²) >= 11 is 0. The summed E-state index contributed by atoms with van der Waals surface area (Å²) in [6.45, 7) is 3.87. The van der Waals surface area contributed by atoms with Gasteiger partial charge in [-0.2, -0.15) is 5.11 Å². The monoisotopic (exact) mass is 179 g/mol. The molecular weight excluding hydrogens is 164 g/mol. The zero-order valence-corrected chi connectivity index (χ0v) is 8.12. The quantitative estimate of drug-likeness (QED) is 0.652. The van der Waals surface area contributed by atoms with E-state index in [1.54, 1.807) is 6.92 Å². The lowest BCUT2D eigenvalue weighted by Gasteiger charge is -2.20. The number of rotatable bonds is 4. The lowest BCUT2D eigenvalue weighted by molar-refractivity contribution is -0.224. The van der Waals surface area contributed by atoms with Crippen molar-refractivity contribution in [2.75, 3.05) is 6.61 Å². The Kier molecular flexibility index (Phi) is 3.46. The van der Waals surface area contributed by atoms with Crippen molar-refractivity contribution < 1.29 is 9.84 Å². The van der Waals surface area contributed by atoms with Crippen LogP contribution in [0.25, 0.3) is 0 Å². The van der Waals surface area contributed by atoms with Crippen molar-refractivity contribution in [2.45, 2.75) is 26.1 Å². The van der Waals surface area contributed by atoms with Crippen LogP contribution < -0.4 is 0 Å². The lowest BCUT2D eigenvalue weighted by atomic mass is 10.1. The first kappa shape index (κ1) is 10.2. The molecule has 2 nitrogen and oxygen atoms in total. The smallest absolute Gasteiger partial charge is 0.202 e. The van der Waals surface area contributed by atoms with Crippen LogP contribution >= 0.6 is 0 Å². The first-order chi connectivity index (χ1) is 6.14. The largest absolute Gasteiger partial charge is 0.348 e. The highest BCUT2D eigenvalue weighted by Gasteiger charge is 2.22. The fourth-order valence-corrected chi connectivity index (χ4v) is 1.32. The molecular formula is C11H15O2. The Bertz CT molecular complexity index is 242. The van der Waals surface area contributed by atoms with Gasteiger partial charge in [-0.1, -0.05) is 30.3 Å². The maximum Gasteiger partial charge on any atom is 0.202 e. The summed E-state index contributed by atoms with van der Waals surface area (Å²) in [4.78, 5) is 0. The van der Waals surface area contributed by atoms with Crippen molar-refractivity contribution in [3.8, 4) is 0 Å². The molecule has 0 bridgehead atoms. The van der Waals surface area contributed by atoms with E-state index in [4.69, 9.17) is 4.74 Å². The van der Waals surface area contributed by atoms with Crippen molar-refractivity contribution in [2.24, 2.45) is 0 Å². The van der Waals surface area contributed by atoms with Crippen LogP contribution in [0.15, 0.2) is 30.3 Å². The van der Waals surface area contributed by atoms with Gasteiger partial charge in [0, 0.05) is 13.0 Å². The second kappa shape index (κ2) is 4.40. The highest BCUT2D eigenvalue weighted by atomic mass is 16.6. The molecule has 71 valence electrons. The van der Waals surface area contributed by atoms with Crippen LogP contribution in [0.2, 0.25) is 0 Å². The fourth-order valence-electron chi connectivity index (χ4n) is 1.32. The van der Waals surface area contributed by atoms with Gasteiger partial charge in [0.25, 0.3) is 0 Å². The van der Waals surface area contributed by atoms with Crippen molar-refractivity contribution in [3.63, 3.8) is 0 Å². The Labute approximate surface area is 79.2 Å². The van der Waals surface area contributed by atoms with Crippen LogP contribution in [-0.2, 0) is 16.3 Å². The van der Waals surface area contributed by atoms with E-state index in [0.29, 0.717) is 13.0 Å². The van der Waals surface area contributed by atoms with Gasteiger partial charge < -0.3 is 4.74 Å². The third-order valence-electron chi connectivity index (χ3n) is 1.82. The molecule has 0 spiro atoms. The molecule has 1 unspecified atom stereocenters. The Morgan fingerprint density at radius 1 is 1.31 bits per heavy atom. The van der Waals surface area contributed by atoms with E-state index in [1.165, 1.54) is 0 Å². The Hall–Kier alpha value is -0.860. The van der Waals surface area contributed by atoms with Gasteiger partial charge >= 0.3 is 0 Å². The average Bonchev–Trinajstić information content (AvgIpc) is 2.04. The van der Waals surface area contributed by atoms with Gasteiger partial charge in [0.2, 0.25) is 5.79 Å². The molecule has 0 aliphatic heterocycles. The molecule has 0 heterocycles. The minimum absolute atomic E-state index is 0.418. The van der Waals surface area contributed by atoms with Gasteiger partial charge in [-0.3, -0.25) is 0 Å². The maximum absolute atomic E-state index is 11.6. The van der Waals surface area contributed by atoms with Gasteiger partial charge in [-0.25, -0.2) is 0 Å². The standard InChI is InChI=1S/C11H15O2/c1-3-13-11(2,12)9-10-7-5-4-6-8-10/h4-8H,3,9H2,1-2H3. The van der Waals surface area contributed by atoms with Crippen molar-refractivity contribution >= 4 is 0 Å². The van der Waals surface area contributed by atoms with Crippen LogP contribution in [0.1, 0.15) is 19.4 Å². The molecule has 1 atom stereocenters. The molecule has 0 aromatic heterocycles. The van der Waals surface area contributed by atoms with E-state index in [1.807, 2.05) is 37.3 Å². The second-order valence-corrected chi connectivity index (χ2v) is 3.23. The Morgan fingerprint density at radius 2 is 1.92 bits per heavy atom. The first-order valence-electron chi connectivity index (χ1n) is 4.52. The summed E-state index contributed by atoms with van der Waals surface area (Å²) in [5.74, 6) is -1.30. The SMILES string of the molecule is CCOC(C)([O])Cc1ccccc1. The third kappa shape index (κ3) is 3.57. The molecule has 0 N–H and O–H groups in total. The summed E-state index contributed by atoms with van der Waals surface area (Å²) in [6, 6.07) is 9.67. The van der Waals surface area contributed by atoms with E-state index < -0.39 is 5.79 Å². The lowest BCUT2D eigenvalue weighted by Crippen LogP contribution is -2.29. The van der Waals surface area contributed by atoms with Crippen LogP contribution in [0, 0.1) is 0 Å². The third-order valence-corrected chi connectivity index (χ3v) is 1.82. The number of ether oxygens (including phenoxy) is 1. The molecule has 0 aliphatic carbocycles. The van der Waals surface area contributed by atoms with Crippen LogP contribution in [0.5, 0.6) is 0 Å². The summed E-state index contributed by atoms with van der Waals surface area (Å²) in [5.41, 5.74) is 1.02. The van der Waals surface area contributed by atoms with E-state index >= 15 is 0 Å². The molecule has 1 rings (SSSR count). The molecule has 1 radical (unpaired) electrons.